The van der Waals surface area contributed by atoms with E-state index in [4.69, 9.17) is 9.47 Å². The van der Waals surface area contributed by atoms with E-state index in [1.807, 2.05) is 38.1 Å². The minimum absolute atomic E-state index is 0.161. The third-order valence-electron chi connectivity index (χ3n) is 5.06. The van der Waals surface area contributed by atoms with Crippen molar-refractivity contribution in [3.63, 3.8) is 0 Å². The number of hydrogen-bond donors (Lipinski definition) is 1. The number of fused-ring (bicyclic) bond motifs is 1. The summed E-state index contributed by atoms with van der Waals surface area (Å²) in [6, 6.07) is 7.67. The van der Waals surface area contributed by atoms with Gasteiger partial charge in [0.25, 0.3) is 11.5 Å². The molecule has 0 aliphatic carbocycles. The molecule has 2 heterocycles. The quantitative estimate of drug-likeness (QED) is 0.878. The summed E-state index contributed by atoms with van der Waals surface area (Å²) in [5.41, 5.74) is 2.66. The first-order valence-electron chi connectivity index (χ1n) is 9.23. The number of nitrogens with one attached hydrogen (secondary N) is 1. The van der Waals surface area contributed by atoms with Crippen LogP contribution in [0.15, 0.2) is 29.1 Å². The van der Waals surface area contributed by atoms with Crippen LogP contribution in [0.2, 0.25) is 0 Å². The fraction of sp³-hybridized carbons (Fsp3) is 0.429. The number of methoxy groups -OCH3 is 1. The molecule has 1 atom stereocenters. The van der Waals surface area contributed by atoms with Crippen LogP contribution in [0.1, 0.15) is 34.1 Å². The van der Waals surface area contributed by atoms with Gasteiger partial charge in [-0.25, -0.2) is 0 Å². The van der Waals surface area contributed by atoms with Gasteiger partial charge in [-0.2, -0.15) is 0 Å². The predicted octanol–water partition coefficient (Wildman–Crippen LogP) is 2.47. The van der Waals surface area contributed by atoms with E-state index in [2.05, 4.69) is 5.32 Å². The highest BCUT2D eigenvalue weighted by molar-refractivity contribution is 5.95. The van der Waals surface area contributed by atoms with Crippen LogP contribution < -0.4 is 20.3 Å². The molecule has 0 spiro atoms. The van der Waals surface area contributed by atoms with Gasteiger partial charge in [0.15, 0.2) is 0 Å². The molecule has 1 unspecified atom stereocenters. The maximum Gasteiger partial charge on any atom is 0.263 e. The number of aromatic nitrogens is 1. The number of nitrogens with zero attached hydrogens (tertiary/aromatic N) is 1. The van der Waals surface area contributed by atoms with Crippen molar-refractivity contribution in [1.82, 2.24) is 9.88 Å². The topological polar surface area (TPSA) is 69.6 Å². The van der Waals surface area contributed by atoms with Gasteiger partial charge in [0.2, 0.25) is 0 Å². The van der Waals surface area contributed by atoms with Crippen LogP contribution >= 0.6 is 0 Å². The molecule has 0 radical (unpaired) electrons. The molecule has 6 nitrogen and oxygen atoms in total. The zero-order chi connectivity index (χ0) is 19.6. The van der Waals surface area contributed by atoms with Crippen molar-refractivity contribution < 1.29 is 14.3 Å². The third kappa shape index (κ3) is 3.84. The van der Waals surface area contributed by atoms with E-state index in [0.717, 1.165) is 29.2 Å². The van der Waals surface area contributed by atoms with Crippen LogP contribution in [0.25, 0.3) is 0 Å². The Hall–Kier alpha value is -2.76. The smallest absolute Gasteiger partial charge is 0.263 e. The molecule has 1 N–H and O–H groups in total. The highest BCUT2D eigenvalue weighted by atomic mass is 16.5. The molecule has 0 bridgehead atoms. The number of carbonyl (C=O) groups excluding carboxylic acids is 1. The normalized spacial score (nSPS) is 15.6. The molecular formula is C21H26N2O4. The first-order valence-corrected chi connectivity index (χ1v) is 9.23. The maximum atomic E-state index is 12.7. The van der Waals surface area contributed by atoms with E-state index in [0.29, 0.717) is 25.3 Å². The van der Waals surface area contributed by atoms with Crippen molar-refractivity contribution in [3.05, 3.63) is 57.0 Å². The van der Waals surface area contributed by atoms with Crippen molar-refractivity contribution in [2.75, 3.05) is 20.3 Å². The number of benzene rings is 1. The summed E-state index contributed by atoms with van der Waals surface area (Å²) in [6.45, 7) is 7.11. The number of amides is 1. The molecule has 0 fully saturated rings. The van der Waals surface area contributed by atoms with E-state index in [1.54, 1.807) is 18.6 Å². The van der Waals surface area contributed by atoms with Crippen LogP contribution in [0.5, 0.6) is 11.5 Å². The fourth-order valence-electron chi connectivity index (χ4n) is 3.60. The summed E-state index contributed by atoms with van der Waals surface area (Å²) in [5.74, 6) is 1.44. The van der Waals surface area contributed by atoms with Crippen LogP contribution in [0.3, 0.4) is 0 Å². The highest BCUT2D eigenvalue weighted by Gasteiger charge is 2.23. The largest absolute Gasteiger partial charge is 0.497 e. The second-order valence-electron chi connectivity index (χ2n) is 6.96. The SMILES string of the molecule is CCn1c(C)cc(C)c(C(=O)NCC2COc3cc(OC)ccc3C2)c1=O. The maximum absolute atomic E-state index is 12.7. The van der Waals surface area contributed by atoms with Crippen LogP contribution in [-0.4, -0.2) is 30.7 Å². The van der Waals surface area contributed by atoms with E-state index >= 15 is 0 Å². The van der Waals surface area contributed by atoms with Crippen molar-refractivity contribution in [1.29, 1.82) is 0 Å². The van der Waals surface area contributed by atoms with E-state index < -0.39 is 0 Å². The van der Waals surface area contributed by atoms with E-state index in [1.165, 1.54) is 0 Å². The molecule has 144 valence electrons. The summed E-state index contributed by atoms with van der Waals surface area (Å²) in [4.78, 5) is 25.3. The Labute approximate surface area is 159 Å². The molecule has 1 aromatic carbocycles. The highest BCUT2D eigenvalue weighted by Crippen LogP contribution is 2.30. The van der Waals surface area contributed by atoms with Gasteiger partial charge < -0.3 is 19.4 Å². The predicted molar refractivity (Wildman–Crippen MR) is 104 cm³/mol. The zero-order valence-electron chi connectivity index (χ0n) is 16.3. The van der Waals surface area contributed by atoms with Gasteiger partial charge in [-0.15, -0.1) is 0 Å². The number of ether oxygens (including phenoxy) is 2. The minimum Gasteiger partial charge on any atom is -0.497 e. The zero-order valence-corrected chi connectivity index (χ0v) is 16.3. The molecule has 2 aromatic rings. The van der Waals surface area contributed by atoms with Crippen LogP contribution in [-0.2, 0) is 13.0 Å². The summed E-state index contributed by atoms with van der Waals surface area (Å²) >= 11 is 0. The second kappa shape index (κ2) is 7.86. The van der Waals surface area contributed by atoms with Crippen molar-refractivity contribution in [2.24, 2.45) is 5.92 Å². The summed E-state index contributed by atoms with van der Waals surface area (Å²) in [5, 5.41) is 2.92. The van der Waals surface area contributed by atoms with Crippen molar-refractivity contribution >= 4 is 5.91 Å². The van der Waals surface area contributed by atoms with Gasteiger partial charge in [0.05, 0.1) is 13.7 Å². The average Bonchev–Trinajstić information content (AvgIpc) is 2.65. The third-order valence-corrected chi connectivity index (χ3v) is 5.06. The Morgan fingerprint density at radius 2 is 2.11 bits per heavy atom. The van der Waals surface area contributed by atoms with Gasteiger partial charge in [-0.3, -0.25) is 9.59 Å². The number of pyridine rings is 1. The monoisotopic (exact) mass is 370 g/mol. The summed E-state index contributed by atoms with van der Waals surface area (Å²) in [7, 11) is 1.63. The van der Waals surface area contributed by atoms with Gasteiger partial charge >= 0.3 is 0 Å². The molecule has 1 aliphatic heterocycles. The Bertz CT molecular complexity index is 917. The van der Waals surface area contributed by atoms with Gasteiger partial charge in [-0.05, 0) is 50.5 Å². The molecule has 1 aromatic heterocycles. The summed E-state index contributed by atoms with van der Waals surface area (Å²) in [6.07, 6.45) is 0.811. The molecule has 6 heteroatoms. The number of hydrogen-bond acceptors (Lipinski definition) is 4. The van der Waals surface area contributed by atoms with Gasteiger partial charge in [0, 0.05) is 30.8 Å². The number of aryl methyl sites for hydroxylation is 2. The number of carbonyl (C=O) groups is 1. The lowest BCUT2D eigenvalue weighted by Crippen LogP contribution is -2.39. The Kier molecular flexibility index (Phi) is 5.54. The first kappa shape index (κ1) is 19.0. The Balaban J connectivity index is 1.69. The van der Waals surface area contributed by atoms with Crippen LogP contribution in [0, 0.1) is 19.8 Å². The fourth-order valence-corrected chi connectivity index (χ4v) is 3.60. The van der Waals surface area contributed by atoms with E-state index in [-0.39, 0.29) is 22.9 Å². The molecular weight excluding hydrogens is 344 g/mol. The number of rotatable bonds is 5. The minimum atomic E-state index is -0.319. The lowest BCUT2D eigenvalue weighted by Gasteiger charge is -2.26. The lowest BCUT2D eigenvalue weighted by molar-refractivity contribution is 0.0936. The van der Waals surface area contributed by atoms with Crippen molar-refractivity contribution in [2.45, 2.75) is 33.7 Å². The molecule has 1 aliphatic rings. The molecule has 3 rings (SSSR count). The summed E-state index contributed by atoms with van der Waals surface area (Å²) < 4.78 is 12.7. The molecule has 27 heavy (non-hydrogen) atoms. The molecule has 0 saturated carbocycles. The Morgan fingerprint density at radius 1 is 1.33 bits per heavy atom. The van der Waals surface area contributed by atoms with Gasteiger partial charge in [0.1, 0.15) is 17.1 Å². The average molecular weight is 370 g/mol. The van der Waals surface area contributed by atoms with E-state index in [9.17, 15) is 9.59 Å². The second-order valence-corrected chi connectivity index (χ2v) is 6.96. The standard InChI is InChI=1S/C21H26N2O4/c1-5-23-14(3)8-13(2)19(21(23)25)20(24)22-11-15-9-16-6-7-17(26-4)10-18(16)27-12-15/h6-8,10,15H,5,9,11-12H2,1-4H3,(H,22,24). The molecule has 1 amide bonds. The Morgan fingerprint density at radius 3 is 2.81 bits per heavy atom. The van der Waals surface area contributed by atoms with Crippen molar-refractivity contribution in [3.8, 4) is 11.5 Å². The first-order chi connectivity index (χ1) is 12.9. The molecule has 0 saturated heterocycles. The lowest BCUT2D eigenvalue weighted by atomic mass is 9.96. The van der Waals surface area contributed by atoms with Gasteiger partial charge in [-0.1, -0.05) is 6.07 Å². The van der Waals surface area contributed by atoms with Crippen LogP contribution in [0.4, 0.5) is 0 Å².